The summed E-state index contributed by atoms with van der Waals surface area (Å²) < 4.78 is 5.28. The van der Waals surface area contributed by atoms with E-state index >= 15 is 0 Å². The number of amides is 3. The van der Waals surface area contributed by atoms with E-state index in [0.29, 0.717) is 10.3 Å². The number of aldehydes is 1. The Morgan fingerprint density at radius 1 is 1.19 bits per heavy atom. The van der Waals surface area contributed by atoms with Gasteiger partial charge in [0.05, 0.1) is 0 Å². The van der Waals surface area contributed by atoms with E-state index in [2.05, 4.69) is 21.3 Å². The predicted octanol–water partition coefficient (Wildman–Crippen LogP) is -3.32. The van der Waals surface area contributed by atoms with Gasteiger partial charge in [-0.25, -0.2) is 0 Å². The first-order valence-corrected chi connectivity index (χ1v) is 8.94. The van der Waals surface area contributed by atoms with E-state index in [1.165, 1.54) is 0 Å². The molecular weight excluding hydrogens is 475 g/mol. The van der Waals surface area contributed by atoms with Gasteiger partial charge in [0.2, 0.25) is 0 Å². The van der Waals surface area contributed by atoms with Crippen LogP contribution < -0.4 is 21.3 Å². The van der Waals surface area contributed by atoms with Crippen molar-refractivity contribution < 1.29 is 23.9 Å². The van der Waals surface area contributed by atoms with Crippen LogP contribution >= 0.6 is 0 Å². The summed E-state index contributed by atoms with van der Waals surface area (Å²) >= 11 is 0.736. The Morgan fingerprint density at radius 2 is 1.90 bits per heavy atom. The Kier molecular flexibility index (Phi) is 12.0. The van der Waals surface area contributed by atoms with Crippen molar-refractivity contribution in [1.29, 1.82) is 0 Å². The fourth-order valence-electron chi connectivity index (χ4n) is 1.21. The van der Waals surface area contributed by atoms with Gasteiger partial charge in [-0.05, 0) is 0 Å². The van der Waals surface area contributed by atoms with Crippen LogP contribution in [0.3, 0.4) is 0 Å². The van der Waals surface area contributed by atoms with Gasteiger partial charge in [0.15, 0.2) is 0 Å². The van der Waals surface area contributed by atoms with Crippen molar-refractivity contribution >= 4 is 49.8 Å². The van der Waals surface area contributed by atoms with E-state index in [4.69, 9.17) is 4.74 Å². The molecule has 0 aromatic carbocycles. The number of carbonyl (C=O) groups excluding carboxylic acids is 4. The maximum atomic E-state index is 11.8. The van der Waals surface area contributed by atoms with Gasteiger partial charge in [0.25, 0.3) is 0 Å². The minimum absolute atomic E-state index is 0.101. The van der Waals surface area contributed by atoms with Crippen LogP contribution in [0.25, 0.3) is 0 Å². The summed E-state index contributed by atoms with van der Waals surface area (Å²) in [4.78, 5) is 44.5. The van der Waals surface area contributed by atoms with Crippen molar-refractivity contribution in [3.8, 4) is 0 Å². The van der Waals surface area contributed by atoms with Gasteiger partial charge >= 0.3 is 138 Å². The minimum atomic E-state index is -0.628. The number of hydrogen-bond donors (Lipinski definition) is 4. The van der Waals surface area contributed by atoms with Crippen LogP contribution in [-0.2, 0) is 23.9 Å². The molecule has 0 rings (SSSR count). The number of nitrogens with one attached hydrogen (secondary N) is 4. The molecule has 0 aliphatic carbocycles. The van der Waals surface area contributed by atoms with Crippen LogP contribution in [0.15, 0.2) is 0 Å². The predicted molar refractivity (Wildman–Crippen MR) is 74.5 cm³/mol. The topological polar surface area (TPSA) is 126 Å². The first-order chi connectivity index (χ1) is 10.0. The van der Waals surface area contributed by atoms with Crippen molar-refractivity contribution in [2.24, 2.45) is 0 Å². The molecule has 117 valence electrons. The monoisotopic (exact) mass is 495 g/mol. The second-order valence-corrected chi connectivity index (χ2v) is 5.44. The van der Waals surface area contributed by atoms with E-state index in [0.717, 1.165) is 25.8 Å². The summed E-state index contributed by atoms with van der Waals surface area (Å²) in [5.74, 6) is -1.12. The van der Waals surface area contributed by atoms with Gasteiger partial charge in [-0.3, -0.25) is 0 Å². The average molecular weight is 494 g/mol. The van der Waals surface area contributed by atoms with Crippen LogP contribution in [0.4, 0.5) is 0 Å². The number of carbonyl (C=O) groups is 4. The third-order valence-corrected chi connectivity index (χ3v) is 3.76. The number of likely N-dealkylation sites (N-methyl/N-ethyl adjacent to an activating group) is 1. The molecule has 0 fully saturated rings. The summed E-state index contributed by atoms with van der Waals surface area (Å²) in [5.41, 5.74) is 0. The summed E-state index contributed by atoms with van der Waals surface area (Å²) in [7, 11) is 1.63. The molecular formula is C11H19N4O5Pb. The Bertz CT molecular complexity index is 367. The van der Waals surface area contributed by atoms with Gasteiger partial charge in [0, 0.05) is 0 Å². The first-order valence-electron chi connectivity index (χ1n) is 6.19. The van der Waals surface area contributed by atoms with E-state index in [1.54, 1.807) is 7.05 Å². The van der Waals surface area contributed by atoms with Gasteiger partial charge in [0.1, 0.15) is 0 Å². The van der Waals surface area contributed by atoms with Crippen molar-refractivity contribution in [3.05, 3.63) is 0 Å². The molecule has 1 atom stereocenters. The summed E-state index contributed by atoms with van der Waals surface area (Å²) in [5, 5.41) is 10.1. The van der Waals surface area contributed by atoms with Crippen molar-refractivity contribution in [2.45, 2.75) is 10.0 Å². The molecule has 1 unspecified atom stereocenters. The molecule has 0 bridgehead atoms. The Labute approximate surface area is 138 Å². The normalized spacial score (nSPS) is 11.3. The zero-order valence-electron chi connectivity index (χ0n) is 11.7. The molecule has 10 heteroatoms. The van der Waals surface area contributed by atoms with Crippen molar-refractivity contribution in [3.63, 3.8) is 0 Å². The first kappa shape index (κ1) is 19.9. The van der Waals surface area contributed by atoms with Crippen LogP contribution in [0.5, 0.6) is 0 Å². The second kappa shape index (κ2) is 12.6. The van der Waals surface area contributed by atoms with Crippen molar-refractivity contribution in [1.82, 2.24) is 21.3 Å². The van der Waals surface area contributed by atoms with Crippen LogP contribution in [0.2, 0.25) is 3.98 Å². The molecule has 0 spiro atoms. The molecule has 0 heterocycles. The van der Waals surface area contributed by atoms with Gasteiger partial charge in [-0.1, -0.05) is 0 Å². The number of hydrogen-bond acceptors (Lipinski definition) is 6. The second-order valence-electron chi connectivity index (χ2n) is 3.85. The van der Waals surface area contributed by atoms with Gasteiger partial charge in [-0.15, -0.1) is 0 Å². The average Bonchev–Trinajstić information content (AvgIpc) is 2.47. The van der Waals surface area contributed by atoms with E-state index in [-0.39, 0.29) is 32.3 Å². The van der Waals surface area contributed by atoms with Gasteiger partial charge < -0.3 is 0 Å². The van der Waals surface area contributed by atoms with Crippen LogP contribution in [0, 0.1) is 0 Å². The molecule has 0 aromatic rings. The van der Waals surface area contributed by atoms with E-state index in [1.807, 2.05) is 0 Å². The van der Waals surface area contributed by atoms with Crippen LogP contribution in [0.1, 0.15) is 0 Å². The number of ether oxygens (including phenoxy) is 1. The fraction of sp³-hybridized carbons (Fsp3) is 0.636. The zero-order valence-corrected chi connectivity index (χ0v) is 15.6. The number of rotatable bonds is 11. The third kappa shape index (κ3) is 10.3. The molecule has 3 radical (unpaired) electrons. The zero-order chi connectivity index (χ0) is 16.1. The molecule has 4 N–H and O–H groups in total. The maximum absolute atomic E-state index is 11.8. The molecule has 21 heavy (non-hydrogen) atoms. The summed E-state index contributed by atoms with van der Waals surface area (Å²) in [6.07, 6.45) is 0.567. The Morgan fingerprint density at radius 3 is 2.48 bits per heavy atom. The molecule has 0 saturated carbocycles. The van der Waals surface area contributed by atoms with E-state index in [9.17, 15) is 19.2 Å². The molecule has 0 saturated heterocycles. The molecule has 3 amide bonds. The van der Waals surface area contributed by atoms with Gasteiger partial charge in [-0.2, -0.15) is 0 Å². The Balaban J connectivity index is 4.00. The molecule has 9 nitrogen and oxygen atoms in total. The van der Waals surface area contributed by atoms with E-state index < -0.39 is 17.9 Å². The SMILES string of the molecule is CNCC(=O)NC([CH2][Pb])C(=O)NCC(=O)NCOCC=O. The standard InChI is InChI=1S/C11H19N4O5.Pb/c1-8(15-10(18)5-12-2)11(19)13-6-9(17)14-7-20-4-3-16;/h3,8,12H,1,4-7H2,2H3,(H,13,19)(H,14,17)(H,15,18);. The Hall–Kier alpha value is -1.08. The molecule has 0 aromatic heterocycles. The third-order valence-electron chi connectivity index (χ3n) is 2.17. The summed E-state index contributed by atoms with van der Waals surface area (Å²) in [6.45, 7) is -0.299. The van der Waals surface area contributed by atoms with Crippen LogP contribution in [-0.4, -0.2) is 89.3 Å². The fourth-order valence-corrected chi connectivity index (χ4v) is 2.32. The molecule has 0 aliphatic rings. The quantitative estimate of drug-likeness (QED) is 0.103. The molecule has 0 aliphatic heterocycles. The van der Waals surface area contributed by atoms with Crippen molar-refractivity contribution in [2.75, 3.05) is 33.5 Å². The summed E-state index contributed by atoms with van der Waals surface area (Å²) in [6, 6.07) is -0.628.